The predicted molar refractivity (Wildman–Crippen MR) is 388 cm³/mol. The molecule has 3 unspecified atom stereocenters. The summed E-state index contributed by atoms with van der Waals surface area (Å²) in [5.41, 5.74) is 0. The first-order valence-corrected chi connectivity index (χ1v) is 39.4. The van der Waals surface area contributed by atoms with Crippen LogP contribution >= 0.6 is 7.82 Å². The quantitative estimate of drug-likeness (QED) is 0.0205. The van der Waals surface area contributed by atoms with E-state index in [4.69, 9.17) is 13.8 Å². The van der Waals surface area contributed by atoms with Gasteiger partial charge in [0.25, 0.3) is 0 Å². The fraction of sp³-hybridized carbons (Fsp3) is 0.797. The summed E-state index contributed by atoms with van der Waals surface area (Å²) >= 11 is 0. The van der Waals surface area contributed by atoms with Gasteiger partial charge in [-0.3, -0.25) is 18.6 Å². The Morgan fingerprint density at radius 1 is 0.404 bits per heavy atom. The number of unbranched alkanes of at least 4 members (excludes halogenated alkanes) is 41. The van der Waals surface area contributed by atoms with E-state index in [1.807, 2.05) is 33.3 Å². The molecule has 0 aliphatic carbocycles. The number of allylic oxidation sites excluding steroid dienone is 13. The molecular weight excluding hydrogens is 1120 g/mol. The van der Waals surface area contributed by atoms with Crippen molar-refractivity contribution < 1.29 is 37.3 Å². The van der Waals surface area contributed by atoms with E-state index in [1.54, 1.807) is 0 Å². The molecule has 2 N–H and O–H groups in total. The summed E-state index contributed by atoms with van der Waals surface area (Å²) in [5.74, 6) is -0.501. The van der Waals surface area contributed by atoms with Crippen LogP contribution in [0.5, 0.6) is 0 Å². The summed E-state index contributed by atoms with van der Waals surface area (Å²) < 4.78 is 30.9. The van der Waals surface area contributed by atoms with Gasteiger partial charge in [0.1, 0.15) is 19.3 Å². The molecule has 1 amide bonds. The van der Waals surface area contributed by atoms with Crippen molar-refractivity contribution >= 4 is 19.7 Å². The molecule has 9 nitrogen and oxygen atoms in total. The van der Waals surface area contributed by atoms with Gasteiger partial charge in [0.2, 0.25) is 5.91 Å². The Balaban J connectivity index is 5.05. The van der Waals surface area contributed by atoms with Crippen molar-refractivity contribution in [3.05, 3.63) is 85.1 Å². The van der Waals surface area contributed by atoms with E-state index >= 15 is 0 Å². The highest BCUT2D eigenvalue weighted by Crippen LogP contribution is 2.43. The van der Waals surface area contributed by atoms with Gasteiger partial charge in [0, 0.05) is 12.8 Å². The largest absolute Gasteiger partial charge is 0.472 e. The van der Waals surface area contributed by atoms with Crippen LogP contribution in [-0.4, -0.2) is 74.3 Å². The number of esters is 1. The van der Waals surface area contributed by atoms with Crippen LogP contribution in [0.15, 0.2) is 85.1 Å². The molecule has 0 spiro atoms. The number of nitrogens with zero attached hydrogens (tertiary/aromatic N) is 1. The van der Waals surface area contributed by atoms with Crippen LogP contribution < -0.4 is 5.32 Å². The lowest BCUT2D eigenvalue weighted by Crippen LogP contribution is -2.47. The Hall–Kier alpha value is -2.81. The highest BCUT2D eigenvalue weighted by Gasteiger charge is 2.30. The van der Waals surface area contributed by atoms with Crippen LogP contribution in [0.1, 0.15) is 355 Å². The predicted octanol–water partition coefficient (Wildman–Crippen LogP) is 24.5. The van der Waals surface area contributed by atoms with Gasteiger partial charge in [0.05, 0.1) is 33.8 Å². The zero-order valence-electron chi connectivity index (χ0n) is 59.4. The van der Waals surface area contributed by atoms with Crippen molar-refractivity contribution in [1.29, 1.82) is 0 Å². The number of phosphoric acid groups is 1. The minimum Gasteiger partial charge on any atom is -0.456 e. The van der Waals surface area contributed by atoms with E-state index in [9.17, 15) is 19.0 Å². The summed E-state index contributed by atoms with van der Waals surface area (Å²) in [6, 6.07) is -0.855. The van der Waals surface area contributed by atoms with Crippen LogP contribution in [0.4, 0.5) is 0 Å². The van der Waals surface area contributed by atoms with Crippen molar-refractivity contribution in [2.75, 3.05) is 40.9 Å². The summed E-state index contributed by atoms with van der Waals surface area (Å²) in [5, 5.41) is 3.08. The third kappa shape index (κ3) is 69.4. The zero-order valence-corrected chi connectivity index (χ0v) is 60.3. The molecule has 0 rings (SSSR count). The zero-order chi connectivity index (χ0) is 64.9. The average Bonchev–Trinajstić information content (AvgIpc) is 3.63. The van der Waals surface area contributed by atoms with Crippen molar-refractivity contribution in [3.8, 4) is 0 Å². The van der Waals surface area contributed by atoms with Gasteiger partial charge in [0.15, 0.2) is 0 Å². The Bertz CT molecular complexity index is 1800. The molecular formula is C79H146N2O7P+. The number of hydrogen-bond donors (Lipinski definition) is 2. The normalized spacial score (nSPS) is 13.9. The Kier molecular flexibility index (Phi) is 65.9. The molecule has 0 aliphatic heterocycles. The van der Waals surface area contributed by atoms with Gasteiger partial charge in [-0.25, -0.2) is 4.57 Å². The van der Waals surface area contributed by atoms with E-state index in [-0.39, 0.29) is 31.5 Å². The van der Waals surface area contributed by atoms with Crippen molar-refractivity contribution in [2.24, 2.45) is 0 Å². The van der Waals surface area contributed by atoms with Gasteiger partial charge >= 0.3 is 13.8 Å². The lowest BCUT2D eigenvalue weighted by molar-refractivity contribution is -0.870. The van der Waals surface area contributed by atoms with Crippen LogP contribution in [-0.2, 0) is 27.9 Å². The van der Waals surface area contributed by atoms with Gasteiger partial charge in [-0.05, 0) is 83.1 Å². The molecule has 0 aromatic heterocycles. The van der Waals surface area contributed by atoms with Crippen LogP contribution in [0.3, 0.4) is 0 Å². The van der Waals surface area contributed by atoms with E-state index in [0.717, 1.165) is 109 Å². The van der Waals surface area contributed by atoms with E-state index in [1.165, 1.54) is 212 Å². The first-order valence-electron chi connectivity index (χ1n) is 37.9. The third-order valence-electron chi connectivity index (χ3n) is 16.8. The van der Waals surface area contributed by atoms with Crippen molar-refractivity contribution in [2.45, 2.75) is 367 Å². The SMILES string of the molecule is CC/C=C\C/C=C\C/C=C\C/C=C\C/C=C\C/C=C\CCCCCCCCCCC(=O)OC(/C=C/CCCCCCCCCCCCC)C(COP(=O)(O)OCC[N+](C)(C)C)NC(=O)CCCCCCCCCCCCCCCCCCCCCCCCC. The minimum atomic E-state index is -4.46. The van der Waals surface area contributed by atoms with E-state index < -0.39 is 20.0 Å². The number of amides is 1. The number of likely N-dealkylation sites (N-methyl/N-ethyl adjacent to an activating group) is 1. The fourth-order valence-corrected chi connectivity index (χ4v) is 11.8. The van der Waals surface area contributed by atoms with Gasteiger partial charge in [-0.1, -0.05) is 344 Å². The van der Waals surface area contributed by atoms with Gasteiger partial charge < -0.3 is 19.4 Å². The monoisotopic (exact) mass is 1270 g/mol. The van der Waals surface area contributed by atoms with Crippen molar-refractivity contribution in [1.82, 2.24) is 5.32 Å². The van der Waals surface area contributed by atoms with Crippen molar-refractivity contribution in [3.63, 3.8) is 0 Å². The standard InChI is InChI=1S/C79H145N2O7P/c1-7-10-13-16-19-22-25-28-30-32-34-36-38-39-40-41-43-45-47-49-51-54-57-60-63-66-69-72-79(83)88-77(70-67-64-61-58-55-52-27-24-21-18-15-12-9-3)76(75-87-89(84,85)86-74-73-81(4,5)6)80-78(82)71-68-65-62-59-56-53-50-48-46-44-42-37-35-33-31-29-26-23-20-17-14-11-8-2/h10,13,19,22,28,30,34,36,39-40,43,45,67,70,76-77H,7-9,11-12,14-18,20-21,23-27,29,31-33,35,37-38,41-42,44,46-66,68-69,71-75H2,1-6H3,(H-,80,82,84,85)/p+1/b13-10-,22-19-,30-28-,36-34-,40-39-,45-43-,70-67+. The maximum absolute atomic E-state index is 13.7. The second-order valence-electron chi connectivity index (χ2n) is 26.8. The maximum Gasteiger partial charge on any atom is 0.472 e. The lowest BCUT2D eigenvalue weighted by Gasteiger charge is -2.27. The van der Waals surface area contributed by atoms with Gasteiger partial charge in [-0.15, -0.1) is 0 Å². The molecule has 0 aromatic carbocycles. The molecule has 0 aromatic rings. The Morgan fingerprint density at radius 3 is 1.08 bits per heavy atom. The molecule has 0 aliphatic rings. The summed E-state index contributed by atoms with van der Waals surface area (Å²) in [4.78, 5) is 38.0. The Morgan fingerprint density at radius 2 is 0.719 bits per heavy atom. The van der Waals surface area contributed by atoms with Crippen LogP contribution in [0.25, 0.3) is 0 Å². The second-order valence-corrected chi connectivity index (χ2v) is 28.3. The molecule has 0 saturated carbocycles. The highest BCUT2D eigenvalue weighted by atomic mass is 31.2. The second kappa shape index (κ2) is 68.1. The number of hydrogen-bond acceptors (Lipinski definition) is 6. The number of rotatable bonds is 69. The topological polar surface area (TPSA) is 111 Å². The molecule has 0 radical (unpaired) electrons. The summed E-state index contributed by atoms with van der Waals surface area (Å²) in [6.45, 7) is 6.95. The first kappa shape index (κ1) is 86.2. The smallest absolute Gasteiger partial charge is 0.456 e. The van der Waals surface area contributed by atoms with E-state index in [2.05, 4.69) is 99.0 Å². The summed E-state index contributed by atoms with van der Waals surface area (Å²) in [7, 11) is 1.50. The number of carbonyl (C=O) groups excluding carboxylic acids is 2. The number of carbonyl (C=O) groups is 2. The Labute approximate surface area is 552 Å². The van der Waals surface area contributed by atoms with Crippen LogP contribution in [0, 0.1) is 0 Å². The lowest BCUT2D eigenvalue weighted by atomic mass is 10.0. The fourth-order valence-electron chi connectivity index (χ4n) is 11.1. The molecule has 0 saturated heterocycles. The highest BCUT2D eigenvalue weighted by molar-refractivity contribution is 7.47. The molecule has 518 valence electrons. The van der Waals surface area contributed by atoms with E-state index in [0.29, 0.717) is 17.4 Å². The molecule has 10 heteroatoms. The molecule has 0 fully saturated rings. The number of ether oxygens (including phenoxy) is 1. The molecule has 0 bridgehead atoms. The van der Waals surface area contributed by atoms with Crippen LogP contribution in [0.2, 0.25) is 0 Å². The minimum absolute atomic E-state index is 0.0379. The number of phosphoric ester groups is 1. The summed E-state index contributed by atoms with van der Waals surface area (Å²) in [6.07, 6.45) is 91.7. The van der Waals surface area contributed by atoms with Gasteiger partial charge in [-0.2, -0.15) is 0 Å². The molecule has 0 heterocycles. The molecule has 3 atom stereocenters. The first-order chi connectivity index (χ1) is 43.4. The average molecular weight is 1270 g/mol. The molecule has 89 heavy (non-hydrogen) atoms. The number of quaternary nitrogens is 1. The maximum atomic E-state index is 13.7. The number of nitrogens with one attached hydrogen (secondary N) is 1. The third-order valence-corrected chi connectivity index (χ3v) is 17.8.